The minimum absolute atomic E-state index is 0.748. The third-order valence-electron chi connectivity index (χ3n) is 3.22. The summed E-state index contributed by atoms with van der Waals surface area (Å²) in [5.41, 5.74) is 1.41. The minimum Gasteiger partial charge on any atom is -0.296 e. The van der Waals surface area contributed by atoms with Crippen LogP contribution in [-0.2, 0) is 6.54 Å². The van der Waals surface area contributed by atoms with E-state index in [0.717, 1.165) is 12.6 Å². The fraction of sp³-hybridized carbons (Fsp3) is 0.538. The van der Waals surface area contributed by atoms with Crippen LogP contribution in [0.5, 0.6) is 0 Å². The van der Waals surface area contributed by atoms with Crippen molar-refractivity contribution in [1.29, 1.82) is 0 Å². The van der Waals surface area contributed by atoms with Gasteiger partial charge in [-0.2, -0.15) is 0 Å². The Kier molecular flexibility index (Phi) is 3.81. The Morgan fingerprint density at radius 2 is 2.27 bits per heavy atom. The molecular weight excluding hydrogens is 250 g/mol. The van der Waals surface area contributed by atoms with Gasteiger partial charge in [0, 0.05) is 17.1 Å². The van der Waals surface area contributed by atoms with E-state index in [9.17, 15) is 0 Å². The average Bonchev–Trinajstić information content (AvgIpc) is 2.22. The smallest absolute Gasteiger partial charge is 0.0236 e. The third-order valence-corrected chi connectivity index (χ3v) is 3.71. The lowest BCUT2D eigenvalue weighted by atomic mass is 10.0. The van der Waals surface area contributed by atoms with Gasteiger partial charge in [0.1, 0.15) is 0 Å². The number of piperidine rings is 1. The number of rotatable bonds is 2. The zero-order chi connectivity index (χ0) is 10.7. The van der Waals surface area contributed by atoms with E-state index in [0.29, 0.717) is 0 Å². The number of nitrogens with zero attached hydrogens (tertiary/aromatic N) is 1. The Hall–Kier alpha value is -0.340. The van der Waals surface area contributed by atoms with Gasteiger partial charge in [-0.1, -0.05) is 34.5 Å². The van der Waals surface area contributed by atoms with Gasteiger partial charge in [-0.3, -0.25) is 4.90 Å². The first kappa shape index (κ1) is 11.2. The lowest BCUT2D eigenvalue weighted by molar-refractivity contribution is 0.152. The molecule has 1 aromatic rings. The highest BCUT2D eigenvalue weighted by Gasteiger charge is 2.17. The molecule has 0 N–H and O–H groups in total. The fourth-order valence-electron chi connectivity index (χ4n) is 2.26. The minimum atomic E-state index is 0.748. The van der Waals surface area contributed by atoms with E-state index in [1.165, 1.54) is 35.8 Å². The molecule has 82 valence electrons. The highest BCUT2D eigenvalue weighted by Crippen LogP contribution is 2.20. The van der Waals surface area contributed by atoms with Gasteiger partial charge >= 0.3 is 0 Å². The Morgan fingerprint density at radius 1 is 1.40 bits per heavy atom. The Morgan fingerprint density at radius 3 is 3.00 bits per heavy atom. The molecule has 1 heterocycles. The van der Waals surface area contributed by atoms with Crippen molar-refractivity contribution in [2.24, 2.45) is 0 Å². The number of likely N-dealkylation sites (tertiary alicyclic amines) is 1. The summed E-state index contributed by atoms with van der Waals surface area (Å²) in [7, 11) is 0. The molecule has 15 heavy (non-hydrogen) atoms. The average molecular weight is 268 g/mol. The summed E-state index contributed by atoms with van der Waals surface area (Å²) in [5, 5.41) is 0. The molecule has 2 rings (SSSR count). The van der Waals surface area contributed by atoms with Crippen LogP contribution in [0, 0.1) is 0 Å². The largest absolute Gasteiger partial charge is 0.296 e. The van der Waals surface area contributed by atoms with E-state index < -0.39 is 0 Å². The number of halogens is 1. The van der Waals surface area contributed by atoms with Gasteiger partial charge in [0.05, 0.1) is 0 Å². The summed E-state index contributed by atoms with van der Waals surface area (Å²) in [6.07, 6.45) is 4.11. The molecular formula is C13H18BrN. The van der Waals surface area contributed by atoms with Crippen molar-refractivity contribution in [3.05, 3.63) is 34.3 Å². The van der Waals surface area contributed by atoms with E-state index in [1.54, 1.807) is 0 Å². The normalized spacial score (nSPS) is 22.9. The number of hydrogen-bond donors (Lipinski definition) is 0. The highest BCUT2D eigenvalue weighted by molar-refractivity contribution is 9.10. The maximum Gasteiger partial charge on any atom is 0.0236 e. The molecule has 0 aliphatic carbocycles. The van der Waals surface area contributed by atoms with Crippen LogP contribution in [0.2, 0.25) is 0 Å². The van der Waals surface area contributed by atoms with Crippen LogP contribution in [0.25, 0.3) is 0 Å². The van der Waals surface area contributed by atoms with Crippen LogP contribution in [0.1, 0.15) is 31.7 Å². The summed E-state index contributed by atoms with van der Waals surface area (Å²) in [4.78, 5) is 2.59. The SMILES string of the molecule is CC1CCCCN1Cc1cccc(Br)c1. The van der Waals surface area contributed by atoms with Crippen molar-refractivity contribution >= 4 is 15.9 Å². The second-order valence-corrected chi connectivity index (χ2v) is 5.36. The maximum absolute atomic E-state index is 3.52. The van der Waals surface area contributed by atoms with Gasteiger partial charge in [0.2, 0.25) is 0 Å². The quantitative estimate of drug-likeness (QED) is 0.788. The second kappa shape index (κ2) is 5.13. The molecule has 1 aliphatic rings. The van der Waals surface area contributed by atoms with Crippen molar-refractivity contribution in [2.75, 3.05) is 6.54 Å². The number of hydrogen-bond acceptors (Lipinski definition) is 1. The molecule has 0 saturated carbocycles. The van der Waals surface area contributed by atoms with E-state index in [1.807, 2.05) is 0 Å². The Bertz CT molecular complexity index is 324. The van der Waals surface area contributed by atoms with E-state index >= 15 is 0 Å². The molecule has 0 bridgehead atoms. The molecule has 0 spiro atoms. The molecule has 1 atom stereocenters. The topological polar surface area (TPSA) is 3.24 Å². The highest BCUT2D eigenvalue weighted by atomic mass is 79.9. The summed E-state index contributed by atoms with van der Waals surface area (Å²) in [6.45, 7) is 4.70. The van der Waals surface area contributed by atoms with Gasteiger partial charge in [-0.15, -0.1) is 0 Å². The standard InChI is InChI=1S/C13H18BrN/c1-11-5-2-3-8-15(11)10-12-6-4-7-13(14)9-12/h4,6-7,9,11H,2-3,5,8,10H2,1H3. The Labute approximate surface area is 101 Å². The van der Waals surface area contributed by atoms with E-state index in [4.69, 9.17) is 0 Å². The molecule has 1 saturated heterocycles. The fourth-order valence-corrected chi connectivity index (χ4v) is 2.71. The zero-order valence-electron chi connectivity index (χ0n) is 9.25. The molecule has 2 heteroatoms. The third kappa shape index (κ3) is 3.05. The van der Waals surface area contributed by atoms with Crippen LogP contribution in [0.4, 0.5) is 0 Å². The molecule has 1 nitrogen and oxygen atoms in total. The molecule has 1 fully saturated rings. The van der Waals surface area contributed by atoms with Gasteiger partial charge in [0.15, 0.2) is 0 Å². The van der Waals surface area contributed by atoms with Crippen LogP contribution < -0.4 is 0 Å². The number of benzene rings is 1. The van der Waals surface area contributed by atoms with Crippen LogP contribution in [-0.4, -0.2) is 17.5 Å². The van der Waals surface area contributed by atoms with Crippen molar-refractivity contribution in [3.8, 4) is 0 Å². The molecule has 1 aromatic carbocycles. The van der Waals surface area contributed by atoms with Gasteiger partial charge < -0.3 is 0 Å². The van der Waals surface area contributed by atoms with Crippen LogP contribution >= 0.6 is 15.9 Å². The van der Waals surface area contributed by atoms with Gasteiger partial charge in [0.25, 0.3) is 0 Å². The predicted molar refractivity (Wildman–Crippen MR) is 67.9 cm³/mol. The van der Waals surface area contributed by atoms with E-state index in [2.05, 4.69) is 52.0 Å². The first-order valence-corrected chi connectivity index (χ1v) is 6.53. The summed E-state index contributed by atoms with van der Waals surface area (Å²) >= 11 is 3.52. The van der Waals surface area contributed by atoms with Gasteiger partial charge in [-0.05, 0) is 44.0 Å². The van der Waals surface area contributed by atoms with Crippen molar-refractivity contribution in [3.63, 3.8) is 0 Å². The molecule has 0 aromatic heterocycles. The lowest BCUT2D eigenvalue weighted by Crippen LogP contribution is -2.36. The van der Waals surface area contributed by atoms with Crippen LogP contribution in [0.3, 0.4) is 0 Å². The molecule has 0 radical (unpaired) electrons. The summed E-state index contributed by atoms with van der Waals surface area (Å²) < 4.78 is 1.18. The summed E-state index contributed by atoms with van der Waals surface area (Å²) in [5.74, 6) is 0. The van der Waals surface area contributed by atoms with Crippen molar-refractivity contribution in [2.45, 2.75) is 38.8 Å². The Balaban J connectivity index is 2.01. The monoisotopic (exact) mass is 267 g/mol. The summed E-state index contributed by atoms with van der Waals surface area (Å²) in [6, 6.07) is 9.39. The van der Waals surface area contributed by atoms with Crippen LogP contribution in [0.15, 0.2) is 28.7 Å². The second-order valence-electron chi connectivity index (χ2n) is 4.45. The zero-order valence-corrected chi connectivity index (χ0v) is 10.8. The van der Waals surface area contributed by atoms with E-state index in [-0.39, 0.29) is 0 Å². The van der Waals surface area contributed by atoms with Crippen molar-refractivity contribution in [1.82, 2.24) is 4.90 Å². The molecule has 1 aliphatic heterocycles. The first-order chi connectivity index (χ1) is 7.25. The predicted octanol–water partition coefficient (Wildman–Crippen LogP) is 3.82. The molecule has 0 amide bonds. The van der Waals surface area contributed by atoms with Gasteiger partial charge in [-0.25, -0.2) is 0 Å². The lowest BCUT2D eigenvalue weighted by Gasteiger charge is -2.33. The van der Waals surface area contributed by atoms with Crippen molar-refractivity contribution < 1.29 is 0 Å². The first-order valence-electron chi connectivity index (χ1n) is 5.74. The maximum atomic E-state index is 3.52. The molecule has 1 unspecified atom stereocenters.